The molecule has 1 amide bonds. The Hall–Kier alpha value is -0.813. The Morgan fingerprint density at radius 3 is 2.55 bits per heavy atom. The van der Waals surface area contributed by atoms with Crippen LogP contribution in [-0.2, 0) is 4.74 Å². The van der Waals surface area contributed by atoms with E-state index in [4.69, 9.17) is 4.74 Å². The van der Waals surface area contributed by atoms with Crippen molar-refractivity contribution in [2.45, 2.75) is 69.9 Å². The lowest BCUT2D eigenvalue weighted by Gasteiger charge is -2.46. The number of hydrogen-bond acceptors (Lipinski definition) is 3. The fourth-order valence-corrected chi connectivity index (χ4v) is 5.21. The summed E-state index contributed by atoms with van der Waals surface area (Å²) in [6.07, 6.45) is 3.90. The highest BCUT2D eigenvalue weighted by atomic mass is 28.3. The Morgan fingerprint density at radius 1 is 1.45 bits per heavy atom. The second-order valence-electron chi connectivity index (χ2n) is 7.12. The highest BCUT2D eigenvalue weighted by Gasteiger charge is 2.46. The number of nitrogens with one attached hydrogen (secondary N) is 1. The molecule has 3 atom stereocenters. The molecule has 0 aliphatic heterocycles. The second-order valence-corrected chi connectivity index (χ2v) is 12.7. The van der Waals surface area contributed by atoms with Crippen LogP contribution in [0.15, 0.2) is 12.2 Å². The summed E-state index contributed by atoms with van der Waals surface area (Å²) in [5.74, 6) is 0. The Bertz CT molecular complexity index is 374. The third kappa shape index (κ3) is 3.64. The quantitative estimate of drug-likeness (QED) is 0.621. The van der Waals surface area contributed by atoms with Crippen LogP contribution < -0.4 is 5.32 Å². The van der Waals surface area contributed by atoms with E-state index in [1.165, 1.54) is 0 Å². The molecular formula is C15H29NO3Si. The first-order valence-electron chi connectivity index (χ1n) is 7.39. The van der Waals surface area contributed by atoms with Gasteiger partial charge in [-0.05, 0) is 18.4 Å². The summed E-state index contributed by atoms with van der Waals surface area (Å²) >= 11 is 0. The Labute approximate surface area is 123 Å². The topological polar surface area (TPSA) is 58.6 Å². The number of aliphatic hydroxyl groups is 1. The molecule has 0 aromatic heterocycles. The predicted molar refractivity (Wildman–Crippen MR) is 84.7 cm³/mol. The number of rotatable bonds is 3. The van der Waals surface area contributed by atoms with Crippen LogP contribution >= 0.6 is 0 Å². The van der Waals surface area contributed by atoms with E-state index in [9.17, 15) is 9.90 Å². The molecule has 0 radical (unpaired) electrons. The van der Waals surface area contributed by atoms with Gasteiger partial charge in [0.1, 0.15) is 0 Å². The first-order valence-corrected chi connectivity index (χ1v) is 10.5. The number of amides is 1. The van der Waals surface area contributed by atoms with Crippen LogP contribution in [0, 0.1) is 0 Å². The largest absolute Gasteiger partial charge is 0.450 e. The smallest absolute Gasteiger partial charge is 0.407 e. The van der Waals surface area contributed by atoms with E-state index >= 15 is 0 Å². The Morgan fingerprint density at radius 2 is 2.05 bits per heavy atom. The molecule has 5 heteroatoms. The minimum Gasteiger partial charge on any atom is -0.450 e. The third-order valence-corrected chi connectivity index (χ3v) is 10.9. The standard InChI is InChI=1S/C15H29NO3Si/c1-7-19-14(18)16-11-9-8-10-12(13(11)17)20(5,6)15(2,3)4/h8,10-13,17H,7,9H2,1-6H3,(H,16,18)/t11-,12-,13-/m0/s1. The van der Waals surface area contributed by atoms with Crippen molar-refractivity contribution in [3.63, 3.8) is 0 Å². The highest BCUT2D eigenvalue weighted by Crippen LogP contribution is 2.47. The molecule has 1 aliphatic rings. The maximum atomic E-state index is 11.6. The number of carbonyl (C=O) groups is 1. The van der Waals surface area contributed by atoms with Crippen LogP contribution in [0.25, 0.3) is 0 Å². The van der Waals surface area contributed by atoms with Gasteiger partial charge in [-0.15, -0.1) is 0 Å². The van der Waals surface area contributed by atoms with Crippen LogP contribution in [0.2, 0.25) is 23.7 Å². The van der Waals surface area contributed by atoms with Crippen molar-refractivity contribution in [3.05, 3.63) is 12.2 Å². The van der Waals surface area contributed by atoms with Gasteiger partial charge in [0.25, 0.3) is 0 Å². The van der Waals surface area contributed by atoms with Gasteiger partial charge < -0.3 is 15.2 Å². The fourth-order valence-electron chi connectivity index (χ4n) is 2.51. The number of aliphatic hydroxyl groups excluding tert-OH is 1. The molecule has 116 valence electrons. The van der Waals surface area contributed by atoms with Gasteiger partial charge in [0, 0.05) is 5.54 Å². The van der Waals surface area contributed by atoms with Gasteiger partial charge in [-0.3, -0.25) is 0 Å². The molecule has 0 spiro atoms. The Balaban J connectivity index is 2.84. The summed E-state index contributed by atoms with van der Waals surface area (Å²) in [6.45, 7) is 13.4. The summed E-state index contributed by atoms with van der Waals surface area (Å²) < 4.78 is 4.91. The second kappa shape index (κ2) is 6.31. The average molecular weight is 299 g/mol. The molecule has 2 N–H and O–H groups in total. The van der Waals surface area contributed by atoms with Crippen LogP contribution in [0.5, 0.6) is 0 Å². The SMILES string of the molecule is CCOC(=O)N[C@H]1CC=C[C@H]([Si](C)(C)C(C)(C)C)[C@H]1O. The lowest BCUT2D eigenvalue weighted by Crippen LogP contribution is -2.54. The van der Waals surface area contributed by atoms with Gasteiger partial charge in [0.05, 0.1) is 26.8 Å². The van der Waals surface area contributed by atoms with E-state index in [1.54, 1.807) is 6.92 Å². The summed E-state index contributed by atoms with van der Waals surface area (Å²) in [4.78, 5) is 11.6. The van der Waals surface area contributed by atoms with E-state index in [-0.39, 0.29) is 16.6 Å². The number of ether oxygens (including phenoxy) is 1. The molecule has 1 rings (SSSR count). The van der Waals surface area contributed by atoms with Crippen molar-refractivity contribution in [2.75, 3.05) is 6.61 Å². The van der Waals surface area contributed by atoms with Gasteiger partial charge >= 0.3 is 6.09 Å². The summed E-state index contributed by atoms with van der Waals surface area (Å²) in [6, 6.07) is -0.252. The number of alkyl carbamates (subject to hydrolysis) is 1. The van der Waals surface area contributed by atoms with Crippen LogP contribution in [0.3, 0.4) is 0 Å². The zero-order valence-electron chi connectivity index (χ0n) is 13.6. The molecule has 0 saturated carbocycles. The van der Waals surface area contributed by atoms with Gasteiger partial charge in [0.15, 0.2) is 0 Å². The van der Waals surface area contributed by atoms with Crippen LogP contribution in [-0.4, -0.2) is 38.0 Å². The van der Waals surface area contributed by atoms with Crippen LogP contribution in [0.4, 0.5) is 4.79 Å². The van der Waals surface area contributed by atoms with Gasteiger partial charge in [-0.1, -0.05) is 46.0 Å². The van der Waals surface area contributed by atoms with Crippen molar-refractivity contribution in [2.24, 2.45) is 0 Å². The molecule has 1 aliphatic carbocycles. The molecule has 0 unspecified atom stereocenters. The van der Waals surface area contributed by atoms with Crippen molar-refractivity contribution in [1.82, 2.24) is 5.32 Å². The minimum absolute atomic E-state index is 0.142. The predicted octanol–water partition coefficient (Wildman–Crippen LogP) is 3.30. The van der Waals surface area contributed by atoms with Gasteiger partial charge in [-0.25, -0.2) is 4.79 Å². The zero-order valence-corrected chi connectivity index (χ0v) is 14.6. The molecule has 4 nitrogen and oxygen atoms in total. The molecule has 20 heavy (non-hydrogen) atoms. The molecule has 0 aromatic rings. The molecule has 0 heterocycles. The van der Waals surface area contributed by atoms with Crippen molar-refractivity contribution in [1.29, 1.82) is 0 Å². The average Bonchev–Trinajstić information content (AvgIpc) is 2.30. The summed E-state index contributed by atoms with van der Waals surface area (Å²) in [7, 11) is -1.71. The highest BCUT2D eigenvalue weighted by molar-refractivity contribution is 6.82. The van der Waals surface area contributed by atoms with Crippen LogP contribution in [0.1, 0.15) is 34.1 Å². The first-order chi connectivity index (χ1) is 9.11. The van der Waals surface area contributed by atoms with Gasteiger partial charge in [-0.2, -0.15) is 0 Å². The van der Waals surface area contributed by atoms with Crippen molar-refractivity contribution in [3.8, 4) is 0 Å². The zero-order chi connectivity index (χ0) is 15.6. The third-order valence-electron chi connectivity index (χ3n) is 4.86. The van der Waals surface area contributed by atoms with E-state index in [1.807, 2.05) is 0 Å². The normalized spacial score (nSPS) is 27.2. The van der Waals surface area contributed by atoms with Crippen molar-refractivity contribution >= 4 is 14.2 Å². The van der Waals surface area contributed by atoms with E-state index in [0.29, 0.717) is 13.0 Å². The van der Waals surface area contributed by atoms with Crippen molar-refractivity contribution < 1.29 is 14.6 Å². The lowest BCUT2D eigenvalue weighted by molar-refractivity contribution is 0.104. The molecule has 0 fully saturated rings. The molecule has 0 bridgehead atoms. The molecular weight excluding hydrogens is 270 g/mol. The number of hydrogen-bond donors (Lipinski definition) is 2. The summed E-state index contributed by atoms with van der Waals surface area (Å²) in [5, 5.41) is 13.6. The van der Waals surface area contributed by atoms with E-state index < -0.39 is 20.3 Å². The molecule has 0 aromatic carbocycles. The Kier molecular flexibility index (Phi) is 5.44. The fraction of sp³-hybridized carbons (Fsp3) is 0.800. The minimum atomic E-state index is -1.71. The van der Waals surface area contributed by atoms with E-state index in [0.717, 1.165) is 0 Å². The molecule has 0 saturated heterocycles. The first kappa shape index (κ1) is 17.2. The number of carbonyl (C=O) groups excluding carboxylic acids is 1. The summed E-state index contributed by atoms with van der Waals surface area (Å²) in [5.41, 5.74) is 0.142. The van der Waals surface area contributed by atoms with E-state index in [2.05, 4.69) is 51.3 Å². The monoisotopic (exact) mass is 299 g/mol. The maximum absolute atomic E-state index is 11.6. The maximum Gasteiger partial charge on any atom is 0.407 e. The van der Waals surface area contributed by atoms with Gasteiger partial charge in [0.2, 0.25) is 0 Å². The lowest BCUT2D eigenvalue weighted by atomic mass is 9.98.